The fourth-order valence-corrected chi connectivity index (χ4v) is 4.68. The predicted octanol–water partition coefficient (Wildman–Crippen LogP) is 5.33. The Hall–Kier alpha value is -1.40. The maximum Gasteiger partial charge on any atom is 0.0916 e. The Bertz CT molecular complexity index is 816. The molecule has 31 heavy (non-hydrogen) atoms. The van der Waals surface area contributed by atoms with Gasteiger partial charge in [0.15, 0.2) is 0 Å². The maximum absolute atomic E-state index is 9.08. The average molecular weight is 452 g/mol. The fraction of sp³-hybridized carbons (Fsp3) is 0.720. The molecule has 0 N–H and O–H groups in total. The van der Waals surface area contributed by atoms with Crippen LogP contribution in [0.2, 0.25) is 0 Å². The Morgan fingerprint density at radius 3 is 1.94 bits per heavy atom. The predicted molar refractivity (Wildman–Crippen MR) is 131 cm³/mol. The Labute approximate surface area is 191 Å². The van der Waals surface area contributed by atoms with Crippen LogP contribution in [-0.4, -0.2) is 50.1 Å². The minimum absolute atomic E-state index is 0.0681. The monoisotopic (exact) mass is 451 g/mol. The second-order valence-electron chi connectivity index (χ2n) is 11.1. The highest BCUT2D eigenvalue weighted by molar-refractivity contribution is 7.84. The third kappa shape index (κ3) is 7.04. The van der Waals surface area contributed by atoms with Gasteiger partial charge in [-0.15, -0.1) is 0 Å². The molecule has 0 bridgehead atoms. The molecular weight excluding hydrogens is 408 g/mol. The van der Waals surface area contributed by atoms with Crippen LogP contribution < -0.4 is 0 Å². The minimum Gasteiger partial charge on any atom is -0.748 e. The summed E-state index contributed by atoms with van der Waals surface area (Å²) >= 11 is 0. The van der Waals surface area contributed by atoms with E-state index in [1.54, 1.807) is 0 Å². The molecule has 6 heteroatoms. The van der Waals surface area contributed by atoms with Crippen molar-refractivity contribution in [3.8, 4) is 0 Å². The molecular formula is C25H43N2O3S-. The molecule has 0 aromatic heterocycles. The van der Waals surface area contributed by atoms with Crippen LogP contribution in [0.25, 0.3) is 0 Å². The Balaban J connectivity index is 0.000000861. The summed E-state index contributed by atoms with van der Waals surface area (Å²) in [5, 5.41) is 0. The summed E-state index contributed by atoms with van der Waals surface area (Å²) < 4.78 is 27.2. The van der Waals surface area contributed by atoms with Crippen molar-refractivity contribution in [3.63, 3.8) is 0 Å². The lowest BCUT2D eigenvalue weighted by Crippen LogP contribution is -2.55. The Kier molecular flexibility index (Phi) is 8.94. The highest BCUT2D eigenvalue weighted by Gasteiger charge is 2.56. The summed E-state index contributed by atoms with van der Waals surface area (Å²) in [4.78, 5) is 6.71. The molecule has 1 unspecified atom stereocenters. The second kappa shape index (κ2) is 10.0. The maximum atomic E-state index is 9.08. The lowest BCUT2D eigenvalue weighted by atomic mass is 9.44. The van der Waals surface area contributed by atoms with Crippen molar-refractivity contribution >= 4 is 16.5 Å². The first kappa shape index (κ1) is 27.6. The van der Waals surface area contributed by atoms with Crippen molar-refractivity contribution in [3.05, 3.63) is 35.9 Å². The van der Waals surface area contributed by atoms with Gasteiger partial charge in [0.2, 0.25) is 0 Å². The fourth-order valence-electron chi connectivity index (χ4n) is 4.68. The molecule has 1 aromatic carbocycles. The summed E-state index contributed by atoms with van der Waals surface area (Å²) in [7, 11) is -3.92. The van der Waals surface area contributed by atoms with Crippen LogP contribution in [0.5, 0.6) is 0 Å². The standard InChI is InChI=1S/C24H40N2.CH4O3S/c1-21(2,3)23(6,7)24(8,20-13-10-9-11-14-20)22(4,5)15-12-17-26-18-16-25-19-26;1-5(2,3)4/h9-11,13-14,19H,12,15-18H2,1-8H3;1H3,(H,2,3,4)/p-1. The zero-order valence-corrected chi connectivity index (χ0v) is 21.8. The van der Waals surface area contributed by atoms with Crippen molar-refractivity contribution in [2.24, 2.45) is 21.2 Å². The van der Waals surface area contributed by atoms with Crippen LogP contribution in [0.3, 0.4) is 0 Å². The third-order valence-corrected chi connectivity index (χ3v) is 7.84. The molecule has 0 saturated carbocycles. The van der Waals surface area contributed by atoms with E-state index < -0.39 is 10.1 Å². The van der Waals surface area contributed by atoms with Gasteiger partial charge < -0.3 is 9.45 Å². The van der Waals surface area contributed by atoms with Gasteiger partial charge in [-0.2, -0.15) is 0 Å². The molecule has 0 saturated heterocycles. The lowest BCUT2D eigenvalue weighted by molar-refractivity contribution is -0.0436. The van der Waals surface area contributed by atoms with E-state index in [2.05, 4.69) is 95.6 Å². The van der Waals surface area contributed by atoms with E-state index in [9.17, 15) is 0 Å². The van der Waals surface area contributed by atoms with Gasteiger partial charge in [0.25, 0.3) is 0 Å². The normalized spacial score (nSPS) is 17.2. The van der Waals surface area contributed by atoms with Crippen LogP contribution in [0.1, 0.15) is 73.8 Å². The zero-order valence-electron chi connectivity index (χ0n) is 21.0. The van der Waals surface area contributed by atoms with Crippen LogP contribution >= 0.6 is 0 Å². The third-order valence-electron chi connectivity index (χ3n) is 7.84. The summed E-state index contributed by atoms with van der Waals surface area (Å²) in [6.07, 6.45) is 5.05. The first-order valence-electron chi connectivity index (χ1n) is 11.1. The van der Waals surface area contributed by atoms with Crippen LogP contribution in [0, 0.1) is 16.2 Å². The summed E-state index contributed by atoms with van der Waals surface area (Å²) in [6, 6.07) is 11.2. The molecule has 1 aliphatic heterocycles. The smallest absolute Gasteiger partial charge is 0.0916 e. The number of aliphatic imine (C=N–C) groups is 1. The van der Waals surface area contributed by atoms with Gasteiger partial charge in [-0.1, -0.05) is 85.7 Å². The second-order valence-corrected chi connectivity index (χ2v) is 12.5. The van der Waals surface area contributed by atoms with Crippen LogP contribution in [-0.2, 0) is 15.5 Å². The van der Waals surface area contributed by atoms with Crippen molar-refractivity contribution in [2.45, 2.75) is 73.6 Å². The summed E-state index contributed by atoms with van der Waals surface area (Å²) in [6.45, 7) is 22.7. The van der Waals surface area contributed by atoms with Gasteiger partial charge in [-0.25, -0.2) is 8.42 Å². The topological polar surface area (TPSA) is 72.8 Å². The molecule has 0 aliphatic carbocycles. The molecule has 1 aromatic rings. The van der Waals surface area contributed by atoms with E-state index >= 15 is 0 Å². The van der Waals surface area contributed by atoms with Gasteiger partial charge in [0, 0.05) is 24.8 Å². The number of nitrogens with zero attached hydrogens (tertiary/aromatic N) is 2. The van der Waals surface area contributed by atoms with Crippen molar-refractivity contribution < 1.29 is 13.0 Å². The van der Waals surface area contributed by atoms with Gasteiger partial charge in [-0.3, -0.25) is 4.99 Å². The Morgan fingerprint density at radius 2 is 1.52 bits per heavy atom. The van der Waals surface area contributed by atoms with E-state index in [4.69, 9.17) is 13.0 Å². The first-order valence-corrected chi connectivity index (χ1v) is 13.0. The largest absolute Gasteiger partial charge is 0.748 e. The van der Waals surface area contributed by atoms with E-state index in [1.165, 1.54) is 18.4 Å². The molecule has 0 radical (unpaired) electrons. The zero-order chi connectivity index (χ0) is 24.1. The molecule has 0 amide bonds. The highest BCUT2D eigenvalue weighted by Crippen LogP contribution is 2.61. The minimum atomic E-state index is -3.92. The van der Waals surface area contributed by atoms with E-state index in [1.807, 2.05) is 6.34 Å². The Morgan fingerprint density at radius 1 is 1.00 bits per heavy atom. The highest BCUT2D eigenvalue weighted by atomic mass is 32.2. The van der Waals surface area contributed by atoms with Gasteiger partial charge in [0.05, 0.1) is 23.0 Å². The molecule has 0 spiro atoms. The molecule has 178 valence electrons. The van der Waals surface area contributed by atoms with Gasteiger partial charge in [-0.05, 0) is 34.7 Å². The van der Waals surface area contributed by atoms with Gasteiger partial charge >= 0.3 is 0 Å². The van der Waals surface area contributed by atoms with Crippen molar-refractivity contribution in [1.29, 1.82) is 0 Å². The average Bonchev–Trinajstić information content (AvgIpc) is 3.12. The molecule has 0 fully saturated rings. The first-order chi connectivity index (χ1) is 13.9. The molecule has 1 atom stereocenters. The van der Waals surface area contributed by atoms with Crippen molar-refractivity contribution in [1.82, 2.24) is 4.90 Å². The molecule has 5 nitrogen and oxygen atoms in total. The number of hydrogen-bond acceptors (Lipinski definition) is 5. The summed E-state index contributed by atoms with van der Waals surface area (Å²) in [5.74, 6) is 0. The number of benzene rings is 1. The quantitative estimate of drug-likeness (QED) is 0.525. The SMILES string of the molecule is CC(C)(C)C(C)(C)C(C)(c1ccccc1)C(C)(C)CCCN1C=NCC1.CS(=O)(=O)[O-]. The van der Waals surface area contributed by atoms with E-state index in [0.29, 0.717) is 6.26 Å². The molecule has 2 rings (SSSR count). The summed E-state index contributed by atoms with van der Waals surface area (Å²) in [5.41, 5.74) is 2.06. The van der Waals surface area contributed by atoms with E-state index in [-0.39, 0.29) is 21.7 Å². The van der Waals surface area contributed by atoms with Gasteiger partial charge in [0.1, 0.15) is 0 Å². The van der Waals surface area contributed by atoms with E-state index in [0.717, 1.165) is 19.6 Å². The lowest BCUT2D eigenvalue weighted by Gasteiger charge is -2.60. The number of rotatable bonds is 7. The van der Waals surface area contributed by atoms with Crippen LogP contribution in [0.15, 0.2) is 35.3 Å². The van der Waals surface area contributed by atoms with Crippen molar-refractivity contribution in [2.75, 3.05) is 25.9 Å². The van der Waals surface area contributed by atoms with Crippen LogP contribution in [0.4, 0.5) is 0 Å². The molecule has 1 aliphatic rings. The number of hydrogen-bond donors (Lipinski definition) is 0. The molecule has 1 heterocycles.